The highest BCUT2D eigenvalue weighted by Crippen LogP contribution is 2.35. The minimum Gasteiger partial charge on any atom is -0.333 e. The van der Waals surface area contributed by atoms with Gasteiger partial charge in [0.15, 0.2) is 5.82 Å². The fourth-order valence-electron chi connectivity index (χ4n) is 2.90. The van der Waals surface area contributed by atoms with Crippen molar-refractivity contribution in [3.05, 3.63) is 52.1 Å². The van der Waals surface area contributed by atoms with Gasteiger partial charge in [-0.25, -0.2) is 0 Å². The van der Waals surface area contributed by atoms with Crippen LogP contribution in [0.25, 0.3) is 10.8 Å². The molecule has 3 heterocycles. The average Bonchev–Trinajstić information content (AvgIpc) is 3.29. The van der Waals surface area contributed by atoms with Crippen LogP contribution in [0, 0.1) is 6.92 Å². The summed E-state index contributed by atoms with van der Waals surface area (Å²) in [6.45, 7) is 2.45. The normalized spacial score (nSPS) is 17.7. The summed E-state index contributed by atoms with van der Waals surface area (Å²) in [4.78, 5) is 19.6. The van der Waals surface area contributed by atoms with Crippen molar-refractivity contribution in [3.8, 4) is 10.8 Å². The molecular weight excluding hydrogens is 346 g/mol. The van der Waals surface area contributed by atoms with Crippen molar-refractivity contribution in [2.45, 2.75) is 19.3 Å². The molecule has 1 fully saturated rings. The second kappa shape index (κ2) is 6.03. The van der Waals surface area contributed by atoms with E-state index in [1.165, 1.54) is 0 Å². The van der Waals surface area contributed by atoms with E-state index in [1.807, 2.05) is 42.6 Å². The number of nitrogens with zero attached hydrogens (tertiary/aromatic N) is 3. The van der Waals surface area contributed by atoms with Crippen LogP contribution < -0.4 is 4.90 Å². The van der Waals surface area contributed by atoms with Gasteiger partial charge in [0.05, 0.1) is 4.88 Å². The SMILES string of the molecule is Cc1c(Cl)cccc1N1CC(c2noc(-c3cccs3)n2)CC1=O. The monoisotopic (exact) mass is 359 g/mol. The van der Waals surface area contributed by atoms with Crippen molar-refractivity contribution in [3.63, 3.8) is 0 Å². The number of halogens is 1. The van der Waals surface area contributed by atoms with Crippen LogP contribution in [0.5, 0.6) is 0 Å². The number of hydrogen-bond donors (Lipinski definition) is 0. The molecule has 0 spiro atoms. The first-order chi connectivity index (χ1) is 11.6. The van der Waals surface area contributed by atoms with Gasteiger partial charge in [-0.05, 0) is 36.1 Å². The van der Waals surface area contributed by atoms with Gasteiger partial charge in [-0.15, -0.1) is 11.3 Å². The van der Waals surface area contributed by atoms with Crippen molar-refractivity contribution in [1.29, 1.82) is 0 Å². The maximum Gasteiger partial charge on any atom is 0.267 e. The van der Waals surface area contributed by atoms with Gasteiger partial charge in [-0.2, -0.15) is 4.98 Å². The lowest BCUT2D eigenvalue weighted by Crippen LogP contribution is -2.25. The highest BCUT2D eigenvalue weighted by atomic mass is 35.5. The zero-order chi connectivity index (χ0) is 16.7. The maximum absolute atomic E-state index is 12.5. The van der Waals surface area contributed by atoms with Crippen molar-refractivity contribution in [2.75, 3.05) is 11.4 Å². The van der Waals surface area contributed by atoms with Gasteiger partial charge in [0.1, 0.15) is 0 Å². The zero-order valence-electron chi connectivity index (χ0n) is 12.9. The number of hydrogen-bond acceptors (Lipinski definition) is 5. The molecule has 1 atom stereocenters. The Morgan fingerprint density at radius 1 is 1.33 bits per heavy atom. The molecule has 0 aliphatic carbocycles. The van der Waals surface area contributed by atoms with Crippen LogP contribution in [0.15, 0.2) is 40.2 Å². The molecule has 0 radical (unpaired) electrons. The number of amides is 1. The van der Waals surface area contributed by atoms with Crippen LogP contribution in [-0.2, 0) is 4.79 Å². The molecule has 1 amide bonds. The van der Waals surface area contributed by atoms with Gasteiger partial charge in [0.2, 0.25) is 5.91 Å². The predicted octanol–water partition coefficient (Wildman–Crippen LogP) is 4.28. The lowest BCUT2D eigenvalue weighted by atomic mass is 10.1. The van der Waals surface area contributed by atoms with Gasteiger partial charge in [-0.3, -0.25) is 4.79 Å². The molecule has 3 aromatic rings. The predicted molar refractivity (Wildman–Crippen MR) is 93.5 cm³/mol. The highest BCUT2D eigenvalue weighted by Gasteiger charge is 2.35. The lowest BCUT2D eigenvalue weighted by Gasteiger charge is -2.19. The van der Waals surface area contributed by atoms with Crippen molar-refractivity contribution in [2.24, 2.45) is 0 Å². The van der Waals surface area contributed by atoms with E-state index in [4.69, 9.17) is 16.1 Å². The van der Waals surface area contributed by atoms with Gasteiger partial charge >= 0.3 is 0 Å². The summed E-state index contributed by atoms with van der Waals surface area (Å²) in [6.07, 6.45) is 0.370. The van der Waals surface area contributed by atoms with Crippen LogP contribution in [0.1, 0.15) is 23.7 Å². The summed E-state index contributed by atoms with van der Waals surface area (Å²) in [5, 5.41) is 6.69. The molecule has 1 aliphatic rings. The van der Waals surface area contributed by atoms with E-state index in [0.717, 1.165) is 16.1 Å². The van der Waals surface area contributed by atoms with Crippen LogP contribution >= 0.6 is 22.9 Å². The Kier molecular flexibility index (Phi) is 3.86. The molecule has 1 aromatic carbocycles. The number of thiophene rings is 1. The summed E-state index contributed by atoms with van der Waals surface area (Å²) in [5.74, 6) is 1.06. The fraction of sp³-hybridized carbons (Fsp3) is 0.235. The zero-order valence-corrected chi connectivity index (χ0v) is 14.5. The number of rotatable bonds is 3. The number of carbonyl (C=O) groups excluding carboxylic acids is 1. The molecule has 7 heteroatoms. The van der Waals surface area contributed by atoms with Gasteiger partial charge < -0.3 is 9.42 Å². The molecule has 2 aromatic heterocycles. The first kappa shape index (κ1) is 15.4. The third-order valence-electron chi connectivity index (χ3n) is 4.19. The molecule has 122 valence electrons. The minimum absolute atomic E-state index is 0.0489. The standard InChI is InChI=1S/C17H14ClN3O2S/c1-10-12(18)4-2-5-13(10)21-9-11(8-15(21)22)16-19-17(23-20-16)14-6-3-7-24-14/h2-7,11H,8-9H2,1H3. The van der Waals surface area contributed by atoms with Crippen LogP contribution in [0.3, 0.4) is 0 Å². The van der Waals surface area contributed by atoms with Crippen LogP contribution in [0.4, 0.5) is 5.69 Å². The minimum atomic E-state index is -0.0756. The molecule has 1 unspecified atom stereocenters. The Morgan fingerprint density at radius 3 is 3.00 bits per heavy atom. The third-order valence-corrected chi connectivity index (χ3v) is 5.46. The number of carbonyl (C=O) groups is 1. The Hall–Kier alpha value is -2.18. The lowest BCUT2D eigenvalue weighted by molar-refractivity contribution is -0.117. The summed E-state index contributed by atoms with van der Waals surface area (Å²) < 4.78 is 5.34. The fourth-order valence-corrected chi connectivity index (χ4v) is 3.72. The summed E-state index contributed by atoms with van der Waals surface area (Å²) in [7, 11) is 0. The van der Waals surface area contributed by atoms with Crippen molar-refractivity contribution >= 4 is 34.5 Å². The van der Waals surface area contributed by atoms with E-state index in [2.05, 4.69) is 10.1 Å². The molecule has 0 bridgehead atoms. The maximum atomic E-state index is 12.5. The molecule has 0 saturated carbocycles. The van der Waals surface area contributed by atoms with E-state index in [0.29, 0.717) is 29.7 Å². The van der Waals surface area contributed by atoms with Crippen molar-refractivity contribution < 1.29 is 9.32 Å². The van der Waals surface area contributed by atoms with Gasteiger partial charge in [0, 0.05) is 29.6 Å². The number of aromatic nitrogens is 2. The molecule has 1 saturated heterocycles. The number of benzene rings is 1. The molecule has 4 rings (SSSR count). The smallest absolute Gasteiger partial charge is 0.267 e. The average molecular weight is 360 g/mol. The Balaban J connectivity index is 1.59. The molecule has 0 N–H and O–H groups in total. The first-order valence-corrected chi connectivity index (χ1v) is 8.82. The third kappa shape index (κ3) is 2.61. The number of anilines is 1. The first-order valence-electron chi connectivity index (χ1n) is 7.56. The quantitative estimate of drug-likeness (QED) is 0.700. The summed E-state index contributed by atoms with van der Waals surface area (Å²) in [6, 6.07) is 9.46. The van der Waals surface area contributed by atoms with E-state index in [-0.39, 0.29) is 11.8 Å². The largest absolute Gasteiger partial charge is 0.333 e. The van der Waals surface area contributed by atoms with Gasteiger partial charge in [-0.1, -0.05) is 28.9 Å². The molecule has 5 nitrogen and oxygen atoms in total. The van der Waals surface area contributed by atoms with Gasteiger partial charge in [0.25, 0.3) is 5.89 Å². The Bertz CT molecular complexity index is 891. The summed E-state index contributed by atoms with van der Waals surface area (Å²) >= 11 is 7.72. The second-order valence-electron chi connectivity index (χ2n) is 5.72. The molecular formula is C17H14ClN3O2S. The van der Waals surface area contributed by atoms with Crippen LogP contribution in [0.2, 0.25) is 5.02 Å². The second-order valence-corrected chi connectivity index (χ2v) is 7.08. The van der Waals surface area contributed by atoms with E-state index >= 15 is 0 Å². The van der Waals surface area contributed by atoms with E-state index in [9.17, 15) is 4.79 Å². The Morgan fingerprint density at radius 2 is 2.21 bits per heavy atom. The Labute approximate surface area is 147 Å². The van der Waals surface area contributed by atoms with E-state index in [1.54, 1.807) is 16.2 Å². The molecule has 1 aliphatic heterocycles. The molecule has 24 heavy (non-hydrogen) atoms. The van der Waals surface area contributed by atoms with E-state index < -0.39 is 0 Å². The van der Waals surface area contributed by atoms with Crippen molar-refractivity contribution in [1.82, 2.24) is 10.1 Å². The van der Waals surface area contributed by atoms with Crippen LogP contribution in [-0.4, -0.2) is 22.6 Å². The topological polar surface area (TPSA) is 59.2 Å². The summed E-state index contributed by atoms with van der Waals surface area (Å²) in [5.41, 5.74) is 1.75. The highest BCUT2D eigenvalue weighted by molar-refractivity contribution is 7.13.